The molecular formula is C22H32O4. The third kappa shape index (κ3) is 2.37. The van der Waals surface area contributed by atoms with E-state index < -0.39 is 5.60 Å². The van der Waals surface area contributed by atoms with Crippen molar-refractivity contribution in [1.29, 1.82) is 0 Å². The Balaban J connectivity index is 1.79. The number of hydrogen-bond acceptors (Lipinski definition) is 4. The summed E-state index contributed by atoms with van der Waals surface area (Å²) in [6.45, 7) is 7.94. The SMILES string of the molecule is CC(=O)O[C@H]1C[C@@]2(C)[C@@H](CC[C@@]2(C)O)[C@@H]2CCC3=CC(=O)CC[C@]3(C)[C@H]21. The van der Waals surface area contributed by atoms with Crippen molar-refractivity contribution in [2.24, 2.45) is 28.6 Å². The largest absolute Gasteiger partial charge is 0.462 e. The molecule has 0 radical (unpaired) electrons. The van der Waals surface area contributed by atoms with Crippen molar-refractivity contribution in [2.45, 2.75) is 84.3 Å². The molecule has 4 rings (SSSR count). The first-order valence-electron chi connectivity index (χ1n) is 10.2. The number of ketones is 1. The lowest BCUT2D eigenvalue weighted by Crippen LogP contribution is -2.60. The summed E-state index contributed by atoms with van der Waals surface area (Å²) in [6, 6.07) is 0. The molecule has 4 heteroatoms. The van der Waals surface area contributed by atoms with E-state index in [0.29, 0.717) is 18.3 Å². The van der Waals surface area contributed by atoms with Gasteiger partial charge in [0.2, 0.25) is 0 Å². The Kier molecular flexibility index (Phi) is 3.97. The van der Waals surface area contributed by atoms with Crippen LogP contribution in [0.15, 0.2) is 11.6 Å². The highest BCUT2D eigenvalue weighted by Gasteiger charge is 2.65. The summed E-state index contributed by atoms with van der Waals surface area (Å²) in [6.07, 6.45) is 7.74. The Bertz CT molecular complexity index is 678. The van der Waals surface area contributed by atoms with Crippen LogP contribution in [0.3, 0.4) is 0 Å². The average Bonchev–Trinajstić information content (AvgIpc) is 2.77. The van der Waals surface area contributed by atoms with Gasteiger partial charge in [0.1, 0.15) is 6.10 Å². The molecular weight excluding hydrogens is 328 g/mol. The Hall–Kier alpha value is -1.16. The number of carbonyl (C=O) groups excluding carboxylic acids is 2. The van der Waals surface area contributed by atoms with Crippen molar-refractivity contribution >= 4 is 11.8 Å². The number of allylic oxidation sites excluding steroid dienone is 1. The van der Waals surface area contributed by atoms with Gasteiger partial charge < -0.3 is 9.84 Å². The second-order valence-electron chi connectivity index (χ2n) is 9.97. The highest BCUT2D eigenvalue weighted by Crippen LogP contribution is 2.67. The fourth-order valence-electron chi connectivity index (χ4n) is 7.20. The lowest BCUT2D eigenvalue weighted by atomic mass is 9.45. The predicted octanol–water partition coefficient (Wildman–Crippen LogP) is 3.81. The number of fused-ring (bicyclic) bond motifs is 5. The molecule has 144 valence electrons. The topological polar surface area (TPSA) is 63.6 Å². The molecule has 3 fully saturated rings. The van der Waals surface area contributed by atoms with Gasteiger partial charge >= 0.3 is 5.97 Å². The van der Waals surface area contributed by atoms with E-state index in [1.807, 2.05) is 13.0 Å². The van der Waals surface area contributed by atoms with Crippen LogP contribution in [-0.4, -0.2) is 28.6 Å². The number of rotatable bonds is 1. The molecule has 0 aromatic carbocycles. The first-order valence-corrected chi connectivity index (χ1v) is 10.2. The molecule has 4 aliphatic rings. The molecule has 0 aromatic heterocycles. The summed E-state index contributed by atoms with van der Waals surface area (Å²) >= 11 is 0. The molecule has 0 aromatic rings. The summed E-state index contributed by atoms with van der Waals surface area (Å²) in [5.41, 5.74) is 0.282. The molecule has 4 aliphatic carbocycles. The number of carbonyl (C=O) groups is 2. The monoisotopic (exact) mass is 360 g/mol. The molecule has 0 unspecified atom stereocenters. The normalized spacial score (nSPS) is 50.3. The second kappa shape index (κ2) is 5.67. The maximum atomic E-state index is 12.0. The van der Waals surface area contributed by atoms with Crippen LogP contribution in [-0.2, 0) is 14.3 Å². The van der Waals surface area contributed by atoms with Crippen LogP contribution >= 0.6 is 0 Å². The van der Waals surface area contributed by atoms with Gasteiger partial charge in [0.25, 0.3) is 0 Å². The zero-order valence-electron chi connectivity index (χ0n) is 16.5. The van der Waals surface area contributed by atoms with E-state index in [4.69, 9.17) is 4.74 Å². The third-order valence-corrected chi connectivity index (χ3v) is 8.75. The van der Waals surface area contributed by atoms with Gasteiger partial charge in [-0.3, -0.25) is 9.59 Å². The predicted molar refractivity (Wildman–Crippen MR) is 98.3 cm³/mol. The van der Waals surface area contributed by atoms with Crippen molar-refractivity contribution in [3.8, 4) is 0 Å². The van der Waals surface area contributed by atoms with E-state index in [2.05, 4.69) is 13.8 Å². The van der Waals surface area contributed by atoms with Gasteiger partial charge in [-0.15, -0.1) is 0 Å². The Morgan fingerprint density at radius 3 is 2.62 bits per heavy atom. The summed E-state index contributed by atoms with van der Waals surface area (Å²) in [5.74, 6) is 1.17. The van der Waals surface area contributed by atoms with Crippen molar-refractivity contribution in [3.05, 3.63) is 11.6 Å². The summed E-state index contributed by atoms with van der Waals surface area (Å²) < 4.78 is 5.91. The van der Waals surface area contributed by atoms with Crippen LogP contribution in [0.2, 0.25) is 0 Å². The number of esters is 1. The Morgan fingerprint density at radius 1 is 1.19 bits per heavy atom. The molecule has 0 saturated heterocycles. The quantitative estimate of drug-likeness (QED) is 0.722. The van der Waals surface area contributed by atoms with Crippen molar-refractivity contribution in [3.63, 3.8) is 0 Å². The van der Waals surface area contributed by atoms with Crippen molar-refractivity contribution in [1.82, 2.24) is 0 Å². The van der Waals surface area contributed by atoms with Crippen molar-refractivity contribution < 1.29 is 19.4 Å². The van der Waals surface area contributed by atoms with E-state index in [0.717, 1.165) is 38.5 Å². The van der Waals surface area contributed by atoms with Crippen LogP contribution in [0.4, 0.5) is 0 Å². The van der Waals surface area contributed by atoms with E-state index >= 15 is 0 Å². The Labute approximate surface area is 156 Å². The molecule has 3 saturated carbocycles. The molecule has 0 heterocycles. The third-order valence-electron chi connectivity index (χ3n) is 8.75. The fourth-order valence-corrected chi connectivity index (χ4v) is 7.20. The summed E-state index contributed by atoms with van der Waals surface area (Å²) in [4.78, 5) is 23.9. The smallest absolute Gasteiger partial charge is 0.302 e. The van der Waals surface area contributed by atoms with Crippen molar-refractivity contribution in [2.75, 3.05) is 0 Å². The molecule has 1 N–H and O–H groups in total. The molecule has 7 atom stereocenters. The van der Waals surface area contributed by atoms with Gasteiger partial charge in [-0.2, -0.15) is 0 Å². The van der Waals surface area contributed by atoms with Crippen LogP contribution in [0.1, 0.15) is 72.6 Å². The zero-order chi connectivity index (χ0) is 18.9. The molecule has 26 heavy (non-hydrogen) atoms. The minimum Gasteiger partial charge on any atom is -0.462 e. The first-order chi connectivity index (χ1) is 12.1. The average molecular weight is 360 g/mol. The first kappa shape index (κ1) is 18.2. The Morgan fingerprint density at radius 2 is 1.92 bits per heavy atom. The highest BCUT2D eigenvalue weighted by molar-refractivity contribution is 5.91. The summed E-state index contributed by atoms with van der Waals surface area (Å²) in [5, 5.41) is 11.1. The zero-order valence-corrected chi connectivity index (χ0v) is 16.5. The molecule has 0 amide bonds. The van der Waals surface area contributed by atoms with Gasteiger partial charge in [0.15, 0.2) is 5.78 Å². The fraction of sp³-hybridized carbons (Fsp3) is 0.818. The van der Waals surface area contributed by atoms with E-state index in [1.165, 1.54) is 12.5 Å². The van der Waals surface area contributed by atoms with Crippen LogP contribution < -0.4 is 0 Å². The standard InChI is InChI=1S/C22H32O4/c1-13(23)26-18-12-21(3)17(8-10-22(21,4)25)16-6-5-14-11-15(24)7-9-20(14,2)19(16)18/h11,16-19,25H,5-10,12H2,1-4H3/t16-,17-,18-,19+,20-,21-,22+/m0/s1. The maximum absolute atomic E-state index is 12.0. The number of aliphatic hydroxyl groups is 1. The molecule has 4 nitrogen and oxygen atoms in total. The minimum atomic E-state index is -0.708. The maximum Gasteiger partial charge on any atom is 0.302 e. The highest BCUT2D eigenvalue weighted by atomic mass is 16.5. The number of ether oxygens (including phenoxy) is 1. The van der Waals surface area contributed by atoms with E-state index in [-0.39, 0.29) is 34.6 Å². The van der Waals surface area contributed by atoms with Crippen LogP contribution in [0, 0.1) is 28.6 Å². The minimum absolute atomic E-state index is 0.0628. The van der Waals surface area contributed by atoms with Gasteiger partial charge in [0, 0.05) is 24.7 Å². The lowest BCUT2D eigenvalue weighted by Gasteiger charge is -2.60. The van der Waals surface area contributed by atoms with Crippen LogP contribution in [0.25, 0.3) is 0 Å². The van der Waals surface area contributed by atoms with E-state index in [1.54, 1.807) is 0 Å². The molecule has 0 bridgehead atoms. The van der Waals surface area contributed by atoms with E-state index in [9.17, 15) is 14.7 Å². The van der Waals surface area contributed by atoms with Gasteiger partial charge in [-0.05, 0) is 68.8 Å². The van der Waals surface area contributed by atoms with Gasteiger partial charge in [-0.25, -0.2) is 0 Å². The second-order valence-corrected chi connectivity index (χ2v) is 9.97. The van der Waals surface area contributed by atoms with Gasteiger partial charge in [-0.1, -0.05) is 19.4 Å². The van der Waals surface area contributed by atoms with Gasteiger partial charge in [0.05, 0.1) is 5.60 Å². The number of hydrogen-bond donors (Lipinski definition) is 1. The molecule has 0 spiro atoms. The molecule has 0 aliphatic heterocycles. The summed E-state index contributed by atoms with van der Waals surface area (Å²) in [7, 11) is 0. The van der Waals surface area contributed by atoms with Crippen LogP contribution in [0.5, 0.6) is 0 Å². The lowest BCUT2D eigenvalue weighted by molar-refractivity contribution is -0.189.